The topological polar surface area (TPSA) is 150 Å². The highest BCUT2D eigenvalue weighted by Crippen LogP contribution is 2.24. The van der Waals surface area contributed by atoms with Gasteiger partial charge in [-0.1, -0.05) is 116 Å². The molecule has 0 aliphatic heterocycles. The molecule has 65 heavy (non-hydrogen) atoms. The first-order valence-corrected chi connectivity index (χ1v) is 23.5. The van der Waals surface area contributed by atoms with E-state index in [4.69, 9.17) is 33.2 Å². The monoisotopic (exact) mass is 898 g/mol. The van der Waals surface area contributed by atoms with Crippen LogP contribution in [0.25, 0.3) is 0 Å². The molecule has 12 heteroatoms. The lowest BCUT2D eigenvalue weighted by Gasteiger charge is -2.12. The van der Waals surface area contributed by atoms with E-state index in [9.17, 15) is 24.0 Å². The average Bonchev–Trinajstić information content (AvgIpc) is 3.32. The third-order valence-electron chi connectivity index (χ3n) is 10.4. The predicted molar refractivity (Wildman–Crippen MR) is 251 cm³/mol. The Balaban J connectivity index is 1.44. The van der Waals surface area contributed by atoms with E-state index in [0.717, 1.165) is 122 Å². The maximum absolute atomic E-state index is 13.5. The van der Waals surface area contributed by atoms with Crippen molar-refractivity contribution in [2.75, 3.05) is 33.0 Å². The second kappa shape index (κ2) is 33.6. The van der Waals surface area contributed by atoms with Gasteiger partial charge in [0.15, 0.2) is 0 Å². The van der Waals surface area contributed by atoms with Gasteiger partial charge >= 0.3 is 29.8 Å². The molecule has 12 nitrogen and oxygen atoms in total. The highest BCUT2D eigenvalue weighted by Gasteiger charge is 2.23. The fourth-order valence-electron chi connectivity index (χ4n) is 6.70. The molecule has 0 fully saturated rings. The van der Waals surface area contributed by atoms with Crippen LogP contribution >= 0.6 is 0 Å². The maximum atomic E-state index is 13.5. The van der Waals surface area contributed by atoms with Crippen molar-refractivity contribution in [2.45, 2.75) is 135 Å². The fourth-order valence-corrected chi connectivity index (χ4v) is 6.70. The standard InChI is InChI=1S/C53H70O12/c1-4-7-8-21-40-63-52(57)48-41-42(51(56)64-45-31-27-43(28-32-45)59-36-22-17-13-9-11-15-19-24-38-61-49(54)5-2)26-35-47(48)53(58)65-46-33-29-44(30-34-46)60-37-23-18-14-10-12-16-20-25-39-62-50(55)6-3/h5-6,26-35,41H,2-4,7-25,36-40H2,1H3. The molecule has 3 aromatic carbocycles. The Morgan fingerprint density at radius 2 is 0.769 bits per heavy atom. The highest BCUT2D eigenvalue weighted by molar-refractivity contribution is 6.06. The van der Waals surface area contributed by atoms with Crippen LogP contribution < -0.4 is 18.9 Å². The second-order valence-electron chi connectivity index (χ2n) is 15.8. The number of esters is 5. The van der Waals surface area contributed by atoms with Crippen LogP contribution in [-0.2, 0) is 23.8 Å². The molecule has 0 saturated heterocycles. The van der Waals surface area contributed by atoms with E-state index in [2.05, 4.69) is 20.1 Å². The predicted octanol–water partition coefficient (Wildman–Crippen LogP) is 12.3. The SMILES string of the molecule is C=CC(=O)OCCCCCCCCCCOc1ccc(OC(=O)c2ccc(C(=O)Oc3ccc(OCCCCCCCCCCOC(=O)C=C)cc3)c(C(=O)OCCCCCC)c2)cc1. The molecule has 0 aliphatic carbocycles. The molecule has 0 aliphatic rings. The molecule has 0 bridgehead atoms. The van der Waals surface area contributed by atoms with E-state index in [1.807, 2.05) is 0 Å². The zero-order chi connectivity index (χ0) is 46.7. The lowest BCUT2D eigenvalue weighted by atomic mass is 10.0. The lowest BCUT2D eigenvalue weighted by Crippen LogP contribution is -2.18. The van der Waals surface area contributed by atoms with Gasteiger partial charge in [-0.3, -0.25) is 0 Å². The molecule has 3 rings (SSSR count). The smallest absolute Gasteiger partial charge is 0.344 e. The third-order valence-corrected chi connectivity index (χ3v) is 10.4. The largest absolute Gasteiger partial charge is 0.494 e. The summed E-state index contributed by atoms with van der Waals surface area (Å²) in [6.45, 7) is 11.1. The Hall–Kier alpha value is -5.91. The zero-order valence-corrected chi connectivity index (χ0v) is 38.5. The van der Waals surface area contributed by atoms with Gasteiger partial charge in [-0.15, -0.1) is 0 Å². The van der Waals surface area contributed by atoms with Gasteiger partial charge in [-0.05, 0) is 98.8 Å². The molecule has 0 heterocycles. The van der Waals surface area contributed by atoms with Crippen molar-refractivity contribution < 1.29 is 57.1 Å². The molecule has 0 atom stereocenters. The van der Waals surface area contributed by atoms with E-state index in [-0.39, 0.29) is 41.0 Å². The molecule has 3 aromatic rings. The van der Waals surface area contributed by atoms with Gasteiger partial charge in [0, 0.05) is 12.2 Å². The van der Waals surface area contributed by atoms with E-state index in [0.29, 0.717) is 50.1 Å². The molecule has 0 radical (unpaired) electrons. The number of unbranched alkanes of at least 4 members (excludes halogenated alkanes) is 17. The summed E-state index contributed by atoms with van der Waals surface area (Å²) in [5.41, 5.74) is -0.0772. The van der Waals surface area contributed by atoms with Gasteiger partial charge in [0.25, 0.3) is 0 Å². The first-order valence-electron chi connectivity index (χ1n) is 23.5. The zero-order valence-electron chi connectivity index (χ0n) is 38.5. The van der Waals surface area contributed by atoms with E-state index in [1.54, 1.807) is 48.5 Å². The molecule has 0 unspecified atom stereocenters. The summed E-state index contributed by atoms with van der Waals surface area (Å²) in [6.07, 6.45) is 22.8. The van der Waals surface area contributed by atoms with Crippen LogP contribution in [-0.4, -0.2) is 62.9 Å². The number of ether oxygens (including phenoxy) is 7. The van der Waals surface area contributed by atoms with Crippen molar-refractivity contribution in [1.82, 2.24) is 0 Å². The van der Waals surface area contributed by atoms with Gasteiger partial charge in [0.1, 0.15) is 23.0 Å². The van der Waals surface area contributed by atoms with Gasteiger partial charge < -0.3 is 33.2 Å². The molecule has 354 valence electrons. The van der Waals surface area contributed by atoms with Crippen molar-refractivity contribution in [1.29, 1.82) is 0 Å². The summed E-state index contributed by atoms with van der Waals surface area (Å²) in [7, 11) is 0. The van der Waals surface area contributed by atoms with Gasteiger partial charge in [-0.25, -0.2) is 24.0 Å². The minimum absolute atomic E-state index is 0.0448. The highest BCUT2D eigenvalue weighted by atomic mass is 16.6. The molecule has 0 amide bonds. The van der Waals surface area contributed by atoms with Gasteiger partial charge in [0.2, 0.25) is 0 Å². The second-order valence-corrected chi connectivity index (χ2v) is 15.8. The Bertz CT molecular complexity index is 1870. The van der Waals surface area contributed by atoms with E-state index in [1.165, 1.54) is 30.4 Å². The van der Waals surface area contributed by atoms with Gasteiger partial charge in [0.05, 0.1) is 49.7 Å². The minimum atomic E-state index is -0.777. The van der Waals surface area contributed by atoms with Crippen LogP contribution in [0.4, 0.5) is 0 Å². The van der Waals surface area contributed by atoms with Crippen molar-refractivity contribution in [3.8, 4) is 23.0 Å². The van der Waals surface area contributed by atoms with Crippen LogP contribution in [0.15, 0.2) is 92.0 Å². The Morgan fingerprint density at radius 1 is 0.400 bits per heavy atom. The molecule has 0 saturated carbocycles. The normalized spacial score (nSPS) is 10.7. The summed E-state index contributed by atoms with van der Waals surface area (Å²) in [5, 5.41) is 0. The van der Waals surface area contributed by atoms with Crippen molar-refractivity contribution in [2.24, 2.45) is 0 Å². The Labute approximate surface area is 386 Å². The Kier molecular flexibility index (Phi) is 27.6. The van der Waals surface area contributed by atoms with Crippen LogP contribution in [0, 0.1) is 0 Å². The first-order chi connectivity index (χ1) is 31.7. The number of hydrogen-bond acceptors (Lipinski definition) is 12. The van der Waals surface area contributed by atoms with Crippen LogP contribution in [0.1, 0.15) is 166 Å². The van der Waals surface area contributed by atoms with Crippen molar-refractivity contribution >= 4 is 29.8 Å². The fraction of sp³-hybridized carbons (Fsp3) is 0.491. The Morgan fingerprint density at radius 3 is 1.20 bits per heavy atom. The molecule has 0 N–H and O–H groups in total. The third kappa shape index (κ3) is 23.6. The van der Waals surface area contributed by atoms with Crippen LogP contribution in [0.2, 0.25) is 0 Å². The quantitative estimate of drug-likeness (QED) is 0.0180. The summed E-state index contributed by atoms with van der Waals surface area (Å²) in [5.74, 6) is -1.11. The first kappa shape index (κ1) is 53.4. The number of carbonyl (C=O) groups is 5. The van der Waals surface area contributed by atoms with Crippen molar-refractivity contribution in [3.05, 3.63) is 109 Å². The number of carbonyl (C=O) groups excluding carboxylic acids is 5. The average molecular weight is 899 g/mol. The van der Waals surface area contributed by atoms with Crippen molar-refractivity contribution in [3.63, 3.8) is 0 Å². The number of rotatable bonds is 36. The van der Waals surface area contributed by atoms with Crippen LogP contribution in [0.3, 0.4) is 0 Å². The van der Waals surface area contributed by atoms with E-state index < -0.39 is 17.9 Å². The van der Waals surface area contributed by atoms with E-state index >= 15 is 0 Å². The minimum Gasteiger partial charge on any atom is -0.494 e. The summed E-state index contributed by atoms with van der Waals surface area (Å²) >= 11 is 0. The molecular formula is C53H70O12. The molecule has 0 spiro atoms. The van der Waals surface area contributed by atoms with Gasteiger partial charge in [-0.2, -0.15) is 0 Å². The van der Waals surface area contributed by atoms with Crippen LogP contribution in [0.5, 0.6) is 23.0 Å². The number of benzene rings is 3. The summed E-state index contributed by atoms with van der Waals surface area (Å²) in [4.78, 5) is 62.2. The summed E-state index contributed by atoms with van der Waals surface area (Å²) < 4.78 is 38.5. The molecule has 0 aromatic heterocycles. The number of hydrogen-bond donors (Lipinski definition) is 0. The maximum Gasteiger partial charge on any atom is 0.344 e. The summed E-state index contributed by atoms with van der Waals surface area (Å²) in [6, 6.07) is 17.5. The molecular weight excluding hydrogens is 829 g/mol. The lowest BCUT2D eigenvalue weighted by molar-refractivity contribution is -0.138.